The molecule has 88 valence electrons. The molecule has 1 fully saturated rings. The molecule has 4 nitrogen and oxygen atoms in total. The van der Waals surface area contributed by atoms with Crippen molar-refractivity contribution in [2.75, 3.05) is 5.33 Å². The van der Waals surface area contributed by atoms with E-state index in [0.29, 0.717) is 11.3 Å². The maximum absolute atomic E-state index is 12.0. The van der Waals surface area contributed by atoms with Crippen molar-refractivity contribution in [3.05, 3.63) is 17.5 Å². The summed E-state index contributed by atoms with van der Waals surface area (Å²) < 4.78 is 4.89. The van der Waals surface area contributed by atoms with Crippen molar-refractivity contribution in [1.82, 2.24) is 10.5 Å². The smallest absolute Gasteiger partial charge is 0.256 e. The Morgan fingerprint density at radius 1 is 1.62 bits per heavy atom. The second-order valence-corrected chi connectivity index (χ2v) is 4.93. The third-order valence-electron chi connectivity index (χ3n) is 3.19. The van der Waals surface area contributed by atoms with E-state index in [2.05, 4.69) is 26.4 Å². The van der Waals surface area contributed by atoms with E-state index in [1.165, 1.54) is 19.0 Å². The van der Waals surface area contributed by atoms with Gasteiger partial charge in [0.1, 0.15) is 11.3 Å². The zero-order valence-corrected chi connectivity index (χ0v) is 10.8. The molecular weight excluding hydrogens is 272 g/mol. The number of halogens is 1. The summed E-state index contributed by atoms with van der Waals surface area (Å²) in [5, 5.41) is 7.52. The number of aromatic nitrogens is 1. The molecule has 0 saturated heterocycles. The van der Waals surface area contributed by atoms with Crippen LogP contribution in [0.4, 0.5) is 0 Å². The Hall–Kier alpha value is -0.840. The molecule has 2 rings (SSSR count). The predicted octanol–water partition coefficient (Wildman–Crippen LogP) is 2.42. The SMILES string of the molecule is Cc1oncc1C(=O)NC1(CBr)CCCC1. The van der Waals surface area contributed by atoms with Gasteiger partial charge in [-0.05, 0) is 19.8 Å². The fourth-order valence-corrected chi connectivity index (χ4v) is 2.87. The summed E-state index contributed by atoms with van der Waals surface area (Å²) in [5.41, 5.74) is 0.452. The molecule has 1 aliphatic rings. The Balaban J connectivity index is 2.09. The van der Waals surface area contributed by atoms with Crippen LogP contribution in [-0.2, 0) is 0 Å². The van der Waals surface area contributed by atoms with E-state index in [9.17, 15) is 4.79 Å². The summed E-state index contributed by atoms with van der Waals surface area (Å²) in [6.07, 6.45) is 5.90. The maximum atomic E-state index is 12.0. The van der Waals surface area contributed by atoms with E-state index in [0.717, 1.165) is 18.2 Å². The first-order valence-electron chi connectivity index (χ1n) is 5.47. The van der Waals surface area contributed by atoms with Crippen LogP contribution in [0.3, 0.4) is 0 Å². The van der Waals surface area contributed by atoms with Crippen molar-refractivity contribution >= 4 is 21.8 Å². The Bertz CT molecular complexity index is 383. The average molecular weight is 287 g/mol. The van der Waals surface area contributed by atoms with E-state index in [-0.39, 0.29) is 11.4 Å². The summed E-state index contributed by atoms with van der Waals surface area (Å²) in [5.74, 6) is 0.486. The highest BCUT2D eigenvalue weighted by Gasteiger charge is 2.35. The summed E-state index contributed by atoms with van der Waals surface area (Å²) in [6.45, 7) is 1.75. The van der Waals surface area contributed by atoms with Crippen LogP contribution >= 0.6 is 15.9 Å². The number of carbonyl (C=O) groups excluding carboxylic acids is 1. The number of aryl methyl sites for hydroxylation is 1. The van der Waals surface area contributed by atoms with Gasteiger partial charge in [0, 0.05) is 5.33 Å². The maximum Gasteiger partial charge on any atom is 0.256 e. The number of amides is 1. The minimum Gasteiger partial charge on any atom is -0.361 e. The molecule has 0 bridgehead atoms. The van der Waals surface area contributed by atoms with Crippen LogP contribution in [0.25, 0.3) is 0 Å². The van der Waals surface area contributed by atoms with Gasteiger partial charge in [0.25, 0.3) is 5.91 Å². The molecule has 1 aromatic heterocycles. The molecule has 1 N–H and O–H groups in total. The Labute approximate surface area is 103 Å². The lowest BCUT2D eigenvalue weighted by molar-refractivity contribution is 0.0909. The van der Waals surface area contributed by atoms with E-state index < -0.39 is 0 Å². The largest absolute Gasteiger partial charge is 0.361 e. The molecule has 0 radical (unpaired) electrons. The van der Waals surface area contributed by atoms with E-state index in [1.807, 2.05) is 0 Å². The van der Waals surface area contributed by atoms with Crippen molar-refractivity contribution in [1.29, 1.82) is 0 Å². The average Bonchev–Trinajstić information content (AvgIpc) is 2.87. The van der Waals surface area contributed by atoms with Crippen molar-refractivity contribution in [2.45, 2.75) is 38.1 Å². The van der Waals surface area contributed by atoms with Crippen molar-refractivity contribution in [2.24, 2.45) is 0 Å². The lowest BCUT2D eigenvalue weighted by Gasteiger charge is -2.27. The zero-order chi connectivity index (χ0) is 11.6. The van der Waals surface area contributed by atoms with Gasteiger partial charge >= 0.3 is 0 Å². The number of rotatable bonds is 3. The Morgan fingerprint density at radius 3 is 2.81 bits per heavy atom. The molecule has 0 atom stereocenters. The molecule has 0 aliphatic heterocycles. The minimum atomic E-state index is -0.0832. The molecule has 1 amide bonds. The second-order valence-electron chi connectivity index (χ2n) is 4.37. The molecule has 16 heavy (non-hydrogen) atoms. The highest BCUT2D eigenvalue weighted by Crippen LogP contribution is 2.31. The van der Waals surface area contributed by atoms with Gasteiger partial charge in [0.05, 0.1) is 11.7 Å². The fourth-order valence-electron chi connectivity index (χ4n) is 2.17. The standard InChI is InChI=1S/C11H15BrN2O2/c1-8-9(6-13-16-8)10(15)14-11(7-12)4-2-3-5-11/h6H,2-5,7H2,1H3,(H,14,15). The number of nitrogens with one attached hydrogen (secondary N) is 1. The molecular formula is C11H15BrN2O2. The molecule has 0 spiro atoms. The van der Waals surface area contributed by atoms with Gasteiger partial charge in [-0.3, -0.25) is 4.79 Å². The lowest BCUT2D eigenvalue weighted by atomic mass is 10.00. The topological polar surface area (TPSA) is 55.1 Å². The number of alkyl halides is 1. The molecule has 0 unspecified atom stereocenters. The summed E-state index contributed by atoms with van der Waals surface area (Å²) in [7, 11) is 0. The van der Waals surface area contributed by atoms with Crippen LogP contribution in [0.2, 0.25) is 0 Å². The minimum absolute atomic E-state index is 0.0825. The van der Waals surface area contributed by atoms with E-state index in [4.69, 9.17) is 4.52 Å². The Kier molecular flexibility index (Phi) is 3.33. The van der Waals surface area contributed by atoms with Gasteiger partial charge in [-0.1, -0.05) is 33.9 Å². The summed E-state index contributed by atoms with van der Waals surface area (Å²) in [4.78, 5) is 12.0. The van der Waals surface area contributed by atoms with Crippen LogP contribution in [0.1, 0.15) is 41.8 Å². The van der Waals surface area contributed by atoms with Gasteiger partial charge in [0.15, 0.2) is 0 Å². The van der Waals surface area contributed by atoms with Crippen LogP contribution < -0.4 is 5.32 Å². The van der Waals surface area contributed by atoms with Crippen LogP contribution in [-0.4, -0.2) is 21.9 Å². The van der Waals surface area contributed by atoms with Crippen molar-refractivity contribution in [3.63, 3.8) is 0 Å². The van der Waals surface area contributed by atoms with E-state index >= 15 is 0 Å². The van der Waals surface area contributed by atoms with Gasteiger partial charge in [-0.25, -0.2) is 0 Å². The quantitative estimate of drug-likeness (QED) is 0.869. The van der Waals surface area contributed by atoms with Gasteiger partial charge < -0.3 is 9.84 Å². The third kappa shape index (κ3) is 2.14. The molecule has 5 heteroatoms. The lowest BCUT2D eigenvalue weighted by Crippen LogP contribution is -2.47. The number of hydrogen-bond donors (Lipinski definition) is 1. The zero-order valence-electron chi connectivity index (χ0n) is 9.25. The van der Waals surface area contributed by atoms with Crippen LogP contribution in [0.5, 0.6) is 0 Å². The van der Waals surface area contributed by atoms with Gasteiger partial charge in [-0.2, -0.15) is 0 Å². The number of nitrogens with zero attached hydrogens (tertiary/aromatic N) is 1. The second kappa shape index (κ2) is 4.57. The Morgan fingerprint density at radius 2 is 2.31 bits per heavy atom. The molecule has 1 saturated carbocycles. The van der Waals surface area contributed by atoms with Crippen molar-refractivity contribution in [3.8, 4) is 0 Å². The number of carbonyl (C=O) groups is 1. The molecule has 1 heterocycles. The van der Waals surface area contributed by atoms with Gasteiger partial charge in [0.2, 0.25) is 0 Å². The highest BCUT2D eigenvalue weighted by atomic mass is 79.9. The van der Waals surface area contributed by atoms with Crippen LogP contribution in [0.15, 0.2) is 10.7 Å². The third-order valence-corrected chi connectivity index (χ3v) is 4.26. The summed E-state index contributed by atoms with van der Waals surface area (Å²) in [6, 6.07) is 0. The first-order chi connectivity index (χ1) is 7.67. The normalized spacial score (nSPS) is 18.6. The fraction of sp³-hybridized carbons (Fsp3) is 0.636. The number of hydrogen-bond acceptors (Lipinski definition) is 3. The molecule has 0 aromatic carbocycles. The van der Waals surface area contributed by atoms with Gasteiger partial charge in [-0.15, -0.1) is 0 Å². The highest BCUT2D eigenvalue weighted by molar-refractivity contribution is 9.09. The van der Waals surface area contributed by atoms with E-state index in [1.54, 1.807) is 6.92 Å². The monoisotopic (exact) mass is 286 g/mol. The van der Waals surface area contributed by atoms with Crippen molar-refractivity contribution < 1.29 is 9.32 Å². The first-order valence-corrected chi connectivity index (χ1v) is 6.59. The predicted molar refractivity (Wildman–Crippen MR) is 63.7 cm³/mol. The summed E-state index contributed by atoms with van der Waals surface area (Å²) >= 11 is 3.49. The van der Waals surface area contributed by atoms with Crippen LogP contribution in [0, 0.1) is 6.92 Å². The molecule has 1 aliphatic carbocycles. The first kappa shape index (κ1) is 11.6. The molecule has 1 aromatic rings.